The third-order valence-corrected chi connectivity index (χ3v) is 9.25. The lowest BCUT2D eigenvalue weighted by Gasteiger charge is -2.26. The zero-order valence-electron chi connectivity index (χ0n) is 23.6. The van der Waals surface area contributed by atoms with E-state index in [1.807, 2.05) is 51.0 Å². The van der Waals surface area contributed by atoms with E-state index >= 15 is 0 Å². The minimum atomic E-state index is -3.85. The molecule has 0 amide bonds. The molecule has 1 heterocycles. The Hall–Kier alpha value is -3.27. The number of sulfonamides is 1. The molecule has 2 atom stereocenters. The van der Waals surface area contributed by atoms with E-state index in [1.54, 1.807) is 31.2 Å². The smallest absolute Gasteiger partial charge is 0.304 e. The quantitative estimate of drug-likeness (QED) is 0.368. The van der Waals surface area contributed by atoms with Crippen LogP contribution in [0.5, 0.6) is 5.75 Å². The Morgan fingerprint density at radius 1 is 1.10 bits per heavy atom. The van der Waals surface area contributed by atoms with Gasteiger partial charge in [0, 0.05) is 19.0 Å². The first-order chi connectivity index (χ1) is 18.9. The topological polar surface area (TPSA) is 87.2 Å². The summed E-state index contributed by atoms with van der Waals surface area (Å²) in [7, 11) is -0.0818. The molecule has 7 nitrogen and oxygen atoms in total. The predicted molar refractivity (Wildman–Crippen MR) is 153 cm³/mol. The van der Waals surface area contributed by atoms with E-state index < -0.39 is 21.9 Å². The summed E-state index contributed by atoms with van der Waals surface area (Å²) in [5, 5.41) is 9.87. The van der Waals surface area contributed by atoms with Crippen LogP contribution in [0.2, 0.25) is 0 Å². The van der Waals surface area contributed by atoms with Crippen molar-refractivity contribution in [2.45, 2.75) is 63.6 Å². The molecule has 1 unspecified atom stereocenters. The molecular formula is C31H37FN2O5S. The maximum absolute atomic E-state index is 14.4. The van der Waals surface area contributed by atoms with Crippen LogP contribution in [-0.2, 0) is 27.9 Å². The predicted octanol–water partition coefficient (Wildman–Crippen LogP) is 5.47. The Morgan fingerprint density at radius 3 is 2.50 bits per heavy atom. The second-order valence-corrected chi connectivity index (χ2v) is 12.7. The van der Waals surface area contributed by atoms with E-state index in [1.165, 1.54) is 16.4 Å². The summed E-state index contributed by atoms with van der Waals surface area (Å²) < 4.78 is 49.4. The number of halogens is 1. The zero-order chi connectivity index (χ0) is 29.2. The molecule has 0 saturated heterocycles. The number of benzene rings is 3. The number of carboxylic acids is 1. The van der Waals surface area contributed by atoms with Crippen LogP contribution in [0, 0.1) is 19.7 Å². The van der Waals surface area contributed by atoms with Crippen LogP contribution in [0.25, 0.3) is 0 Å². The van der Waals surface area contributed by atoms with Crippen molar-refractivity contribution in [2.75, 3.05) is 20.6 Å². The molecule has 0 saturated carbocycles. The molecule has 40 heavy (non-hydrogen) atoms. The molecule has 0 spiro atoms. The normalized spacial score (nSPS) is 17.6. The molecule has 1 N–H and O–H groups in total. The highest BCUT2D eigenvalue weighted by Gasteiger charge is 2.34. The van der Waals surface area contributed by atoms with Crippen LogP contribution < -0.4 is 4.74 Å². The van der Waals surface area contributed by atoms with Gasteiger partial charge in [0.1, 0.15) is 22.6 Å². The van der Waals surface area contributed by atoms with E-state index in [9.17, 15) is 22.7 Å². The Bertz CT molecular complexity index is 1510. The van der Waals surface area contributed by atoms with E-state index in [0.29, 0.717) is 24.3 Å². The number of fused-ring (bicyclic) bond motifs is 1. The standard InChI is InChI=1S/C31H37FN2O5S/c1-6-26-19-34(40(37,38)29-10-8-7-9-28(29)39-26)18-23-14-22(12-11-20(23)2)27(16-30(35)36)31-21(3)13-25(32)15-24(31)17-33(4)5/h7-15,26-27H,6,16-19H2,1-5H3,(H,35,36)/t26-,27?/m1/s1. The number of carboxylic acid groups (broad SMARTS) is 1. The Morgan fingerprint density at radius 2 is 1.82 bits per heavy atom. The van der Waals surface area contributed by atoms with Crippen LogP contribution in [-0.4, -0.2) is 55.4 Å². The third-order valence-electron chi connectivity index (χ3n) is 7.40. The number of aryl methyl sites for hydroxylation is 2. The number of rotatable bonds is 9. The van der Waals surface area contributed by atoms with Crippen molar-refractivity contribution < 1.29 is 27.4 Å². The van der Waals surface area contributed by atoms with Gasteiger partial charge in [-0.15, -0.1) is 0 Å². The molecule has 4 rings (SSSR count). The van der Waals surface area contributed by atoms with Gasteiger partial charge in [0.2, 0.25) is 10.0 Å². The van der Waals surface area contributed by atoms with Crippen molar-refractivity contribution in [3.05, 3.63) is 93.8 Å². The summed E-state index contributed by atoms with van der Waals surface area (Å²) in [4.78, 5) is 14.1. The van der Waals surface area contributed by atoms with Crippen molar-refractivity contribution >= 4 is 16.0 Å². The van der Waals surface area contributed by atoms with Crippen molar-refractivity contribution in [2.24, 2.45) is 0 Å². The Labute approximate surface area is 236 Å². The van der Waals surface area contributed by atoms with E-state index in [4.69, 9.17) is 4.74 Å². The number of ether oxygens (including phenoxy) is 1. The minimum absolute atomic E-state index is 0.114. The van der Waals surface area contributed by atoms with E-state index in [-0.39, 0.29) is 36.3 Å². The highest BCUT2D eigenvalue weighted by atomic mass is 32.2. The van der Waals surface area contributed by atoms with Crippen LogP contribution in [0.1, 0.15) is 59.1 Å². The van der Waals surface area contributed by atoms with Crippen molar-refractivity contribution in [1.82, 2.24) is 9.21 Å². The lowest BCUT2D eigenvalue weighted by molar-refractivity contribution is -0.137. The number of hydrogen-bond acceptors (Lipinski definition) is 5. The van der Waals surface area contributed by atoms with Gasteiger partial charge < -0.3 is 14.7 Å². The average Bonchev–Trinajstić information content (AvgIpc) is 2.97. The molecule has 0 bridgehead atoms. The molecule has 0 radical (unpaired) electrons. The molecule has 0 aliphatic carbocycles. The lowest BCUT2D eigenvalue weighted by Crippen LogP contribution is -2.36. The van der Waals surface area contributed by atoms with E-state index in [0.717, 1.165) is 27.8 Å². The van der Waals surface area contributed by atoms with Crippen LogP contribution >= 0.6 is 0 Å². The number of hydrogen-bond donors (Lipinski definition) is 1. The molecule has 0 fully saturated rings. The highest BCUT2D eigenvalue weighted by Crippen LogP contribution is 2.37. The lowest BCUT2D eigenvalue weighted by atomic mass is 9.82. The van der Waals surface area contributed by atoms with Gasteiger partial charge >= 0.3 is 5.97 Å². The summed E-state index contributed by atoms with van der Waals surface area (Å²) in [5.41, 5.74) is 4.60. The number of nitrogens with zero attached hydrogens (tertiary/aromatic N) is 2. The van der Waals surface area contributed by atoms with Gasteiger partial charge in [-0.3, -0.25) is 4.79 Å². The van der Waals surface area contributed by atoms with Gasteiger partial charge in [-0.05, 0) is 92.0 Å². The van der Waals surface area contributed by atoms with Gasteiger partial charge in [0.15, 0.2) is 0 Å². The van der Waals surface area contributed by atoms with Gasteiger partial charge in [-0.1, -0.05) is 37.3 Å². The molecule has 9 heteroatoms. The summed E-state index contributed by atoms with van der Waals surface area (Å²) in [6.07, 6.45) is 0.145. The Kier molecular flexibility index (Phi) is 8.97. The van der Waals surface area contributed by atoms with Crippen molar-refractivity contribution in [1.29, 1.82) is 0 Å². The Balaban J connectivity index is 1.79. The fraction of sp³-hybridized carbons (Fsp3) is 0.387. The van der Waals surface area contributed by atoms with Crippen molar-refractivity contribution in [3.8, 4) is 5.75 Å². The largest absolute Gasteiger partial charge is 0.488 e. The van der Waals surface area contributed by atoms with Crippen molar-refractivity contribution in [3.63, 3.8) is 0 Å². The second kappa shape index (κ2) is 12.1. The van der Waals surface area contributed by atoms with Gasteiger partial charge in [-0.2, -0.15) is 4.31 Å². The molecule has 0 aromatic heterocycles. The summed E-state index contributed by atoms with van der Waals surface area (Å²) >= 11 is 0. The fourth-order valence-corrected chi connectivity index (χ4v) is 7.00. The molecule has 214 valence electrons. The summed E-state index contributed by atoms with van der Waals surface area (Å²) in [6.45, 7) is 6.43. The van der Waals surface area contributed by atoms with Gasteiger partial charge in [0.05, 0.1) is 13.0 Å². The van der Waals surface area contributed by atoms with Gasteiger partial charge in [0.25, 0.3) is 0 Å². The molecule has 1 aliphatic heterocycles. The maximum Gasteiger partial charge on any atom is 0.304 e. The fourth-order valence-electron chi connectivity index (χ4n) is 5.43. The first-order valence-corrected chi connectivity index (χ1v) is 14.8. The highest BCUT2D eigenvalue weighted by molar-refractivity contribution is 7.89. The molecule has 3 aromatic carbocycles. The number of carbonyl (C=O) groups is 1. The second-order valence-electron chi connectivity index (χ2n) is 10.8. The molecule has 3 aromatic rings. The zero-order valence-corrected chi connectivity index (χ0v) is 24.5. The monoisotopic (exact) mass is 568 g/mol. The summed E-state index contributed by atoms with van der Waals surface area (Å²) in [5.74, 6) is -1.53. The van der Waals surface area contributed by atoms with Crippen LogP contribution in [0.3, 0.4) is 0 Å². The first kappa shape index (κ1) is 29.7. The number of para-hydroxylation sites is 1. The van der Waals surface area contributed by atoms with Gasteiger partial charge in [-0.25, -0.2) is 12.8 Å². The third kappa shape index (κ3) is 6.37. The first-order valence-electron chi connectivity index (χ1n) is 13.4. The SMILES string of the molecule is CC[C@@H]1CN(Cc2cc(C(CC(=O)O)c3c(C)cc(F)cc3CN(C)C)ccc2C)S(=O)(=O)c2ccccc2O1. The minimum Gasteiger partial charge on any atom is -0.488 e. The maximum atomic E-state index is 14.4. The van der Waals surface area contributed by atoms with Crippen LogP contribution in [0.4, 0.5) is 4.39 Å². The van der Waals surface area contributed by atoms with E-state index in [2.05, 4.69) is 0 Å². The average molecular weight is 569 g/mol. The summed E-state index contributed by atoms with van der Waals surface area (Å²) in [6, 6.07) is 15.3. The molecule has 1 aliphatic rings. The van der Waals surface area contributed by atoms with Crippen LogP contribution in [0.15, 0.2) is 59.5 Å². The number of aliphatic carboxylic acids is 1. The molecular weight excluding hydrogens is 531 g/mol.